The molecule has 0 fully saturated rings. The van der Waals surface area contributed by atoms with Crippen LogP contribution in [0.4, 0.5) is 5.69 Å². The maximum absolute atomic E-state index is 12.1. The lowest BCUT2D eigenvalue weighted by Gasteiger charge is -2.16. The van der Waals surface area contributed by atoms with E-state index >= 15 is 0 Å². The summed E-state index contributed by atoms with van der Waals surface area (Å²) < 4.78 is 6.82. The Morgan fingerprint density at radius 3 is 2.45 bits per heavy atom. The Balaban J connectivity index is 1.99. The topological polar surface area (TPSA) is 38.3 Å². The van der Waals surface area contributed by atoms with Crippen LogP contribution in [0.3, 0.4) is 0 Å². The smallest absolute Gasteiger partial charge is 0.265 e. The summed E-state index contributed by atoms with van der Waals surface area (Å²) in [6.07, 6.45) is -0.546. The third-order valence-corrected chi connectivity index (χ3v) is 3.60. The minimum Gasteiger partial charge on any atom is -0.481 e. The van der Waals surface area contributed by atoms with Gasteiger partial charge in [-0.25, -0.2) is 0 Å². The van der Waals surface area contributed by atoms with Crippen molar-refractivity contribution in [1.82, 2.24) is 0 Å². The minimum atomic E-state index is -0.546. The molecule has 0 saturated carbocycles. The number of amides is 1. The quantitative estimate of drug-likeness (QED) is 0.813. The average Bonchev–Trinajstić information content (AvgIpc) is 2.44. The van der Waals surface area contributed by atoms with E-state index in [4.69, 9.17) is 4.74 Å². The van der Waals surface area contributed by atoms with Crippen LogP contribution in [-0.2, 0) is 4.79 Å². The number of carbonyl (C=O) groups is 1. The maximum Gasteiger partial charge on any atom is 0.265 e. The molecule has 0 aliphatic heterocycles. The minimum absolute atomic E-state index is 0.158. The van der Waals surface area contributed by atoms with Crippen LogP contribution in [0.1, 0.15) is 12.5 Å². The van der Waals surface area contributed by atoms with Gasteiger partial charge in [-0.3, -0.25) is 4.79 Å². The van der Waals surface area contributed by atoms with Gasteiger partial charge in [-0.05, 0) is 72.3 Å². The normalized spacial score (nSPS) is 11.8. The number of aryl methyl sites for hydroxylation is 1. The van der Waals surface area contributed by atoms with Crippen molar-refractivity contribution in [3.8, 4) is 5.75 Å². The SMILES string of the molecule is Cc1ccccc1O[C@H](C)C(=O)Nc1ccc(I)cc1. The van der Waals surface area contributed by atoms with Crippen molar-refractivity contribution < 1.29 is 9.53 Å². The van der Waals surface area contributed by atoms with Gasteiger partial charge in [-0.1, -0.05) is 18.2 Å². The first-order valence-corrected chi connectivity index (χ1v) is 7.43. The number of benzene rings is 2. The number of hydrogen-bond acceptors (Lipinski definition) is 2. The van der Waals surface area contributed by atoms with Gasteiger partial charge in [0.05, 0.1) is 0 Å². The van der Waals surface area contributed by atoms with Crippen molar-refractivity contribution in [2.24, 2.45) is 0 Å². The number of nitrogens with one attached hydrogen (secondary N) is 1. The zero-order valence-electron chi connectivity index (χ0n) is 11.4. The fourth-order valence-electron chi connectivity index (χ4n) is 1.71. The molecule has 0 bridgehead atoms. The van der Waals surface area contributed by atoms with Crippen LogP contribution in [0.5, 0.6) is 5.75 Å². The number of anilines is 1. The van der Waals surface area contributed by atoms with E-state index in [9.17, 15) is 4.79 Å². The first-order valence-electron chi connectivity index (χ1n) is 6.35. The monoisotopic (exact) mass is 381 g/mol. The average molecular weight is 381 g/mol. The number of carbonyl (C=O) groups excluding carboxylic acids is 1. The largest absolute Gasteiger partial charge is 0.481 e. The third-order valence-electron chi connectivity index (χ3n) is 2.88. The second-order valence-electron chi connectivity index (χ2n) is 4.52. The predicted octanol–water partition coefficient (Wildman–Crippen LogP) is 4.01. The Bertz CT molecular complexity index is 596. The van der Waals surface area contributed by atoms with Crippen LogP contribution in [0.2, 0.25) is 0 Å². The van der Waals surface area contributed by atoms with E-state index in [1.54, 1.807) is 6.92 Å². The molecule has 1 amide bonds. The molecule has 0 unspecified atom stereocenters. The summed E-state index contributed by atoms with van der Waals surface area (Å²) in [4.78, 5) is 12.1. The van der Waals surface area contributed by atoms with Gasteiger partial charge in [-0.15, -0.1) is 0 Å². The molecule has 0 radical (unpaired) electrons. The van der Waals surface area contributed by atoms with Gasteiger partial charge < -0.3 is 10.1 Å². The molecule has 0 heterocycles. The van der Waals surface area contributed by atoms with E-state index in [0.717, 1.165) is 20.6 Å². The van der Waals surface area contributed by atoms with Crippen molar-refractivity contribution in [3.63, 3.8) is 0 Å². The lowest BCUT2D eigenvalue weighted by Crippen LogP contribution is -2.30. The van der Waals surface area contributed by atoms with E-state index < -0.39 is 6.10 Å². The standard InChI is InChI=1S/C16H16INO2/c1-11-5-3-4-6-15(11)20-12(2)16(19)18-14-9-7-13(17)8-10-14/h3-10,12H,1-2H3,(H,18,19)/t12-/m1/s1. The van der Waals surface area contributed by atoms with Gasteiger partial charge in [-0.2, -0.15) is 0 Å². The van der Waals surface area contributed by atoms with Crippen molar-refractivity contribution in [1.29, 1.82) is 0 Å². The molecule has 0 aromatic heterocycles. The molecule has 3 nitrogen and oxygen atoms in total. The van der Waals surface area contributed by atoms with E-state index in [1.807, 2.05) is 55.5 Å². The summed E-state index contributed by atoms with van der Waals surface area (Å²) in [5.74, 6) is 0.576. The lowest BCUT2D eigenvalue weighted by atomic mass is 10.2. The van der Waals surface area contributed by atoms with Crippen molar-refractivity contribution in [3.05, 3.63) is 57.7 Å². The summed E-state index contributed by atoms with van der Waals surface area (Å²) in [7, 11) is 0. The molecule has 20 heavy (non-hydrogen) atoms. The number of para-hydroxylation sites is 1. The van der Waals surface area contributed by atoms with E-state index in [0.29, 0.717) is 0 Å². The van der Waals surface area contributed by atoms with Gasteiger partial charge in [0.25, 0.3) is 5.91 Å². The first kappa shape index (κ1) is 14.8. The van der Waals surface area contributed by atoms with Crippen molar-refractivity contribution in [2.45, 2.75) is 20.0 Å². The Morgan fingerprint density at radius 1 is 1.15 bits per heavy atom. The summed E-state index contributed by atoms with van der Waals surface area (Å²) in [6, 6.07) is 15.3. The highest BCUT2D eigenvalue weighted by Crippen LogP contribution is 2.18. The number of ether oxygens (including phenoxy) is 1. The molecule has 0 saturated heterocycles. The number of rotatable bonds is 4. The van der Waals surface area contributed by atoms with Gasteiger partial charge >= 0.3 is 0 Å². The molecule has 0 aliphatic carbocycles. The summed E-state index contributed by atoms with van der Waals surface area (Å²) in [6.45, 7) is 3.70. The van der Waals surface area contributed by atoms with E-state index in [-0.39, 0.29) is 5.91 Å². The Kier molecular flexibility index (Phi) is 5.00. The van der Waals surface area contributed by atoms with Gasteiger partial charge in [0.15, 0.2) is 6.10 Å². The summed E-state index contributed by atoms with van der Waals surface area (Å²) in [5.41, 5.74) is 1.79. The molecular formula is C16H16INO2. The van der Waals surface area contributed by atoms with Crippen LogP contribution in [0, 0.1) is 10.5 Å². The molecule has 2 aromatic carbocycles. The van der Waals surface area contributed by atoms with Crippen LogP contribution in [0.15, 0.2) is 48.5 Å². The van der Waals surface area contributed by atoms with Crippen molar-refractivity contribution in [2.75, 3.05) is 5.32 Å². The molecule has 0 aliphatic rings. The highest BCUT2D eigenvalue weighted by molar-refractivity contribution is 14.1. The predicted molar refractivity (Wildman–Crippen MR) is 89.1 cm³/mol. The summed E-state index contributed by atoms with van der Waals surface area (Å²) >= 11 is 2.22. The Labute approximate surface area is 132 Å². The summed E-state index contributed by atoms with van der Waals surface area (Å²) in [5, 5.41) is 2.84. The molecule has 0 spiro atoms. The second kappa shape index (κ2) is 6.74. The second-order valence-corrected chi connectivity index (χ2v) is 5.77. The molecule has 2 aromatic rings. The van der Waals surface area contributed by atoms with Crippen LogP contribution in [0.25, 0.3) is 0 Å². The third kappa shape index (κ3) is 3.96. The molecule has 104 valence electrons. The van der Waals surface area contributed by atoms with E-state index in [1.165, 1.54) is 0 Å². The fraction of sp³-hybridized carbons (Fsp3) is 0.188. The molecule has 1 atom stereocenters. The first-order chi connectivity index (χ1) is 9.56. The molecule has 1 N–H and O–H groups in total. The molecular weight excluding hydrogens is 365 g/mol. The van der Waals surface area contributed by atoms with Crippen LogP contribution < -0.4 is 10.1 Å². The highest BCUT2D eigenvalue weighted by Gasteiger charge is 2.15. The van der Waals surface area contributed by atoms with Gasteiger partial charge in [0, 0.05) is 9.26 Å². The fourth-order valence-corrected chi connectivity index (χ4v) is 2.07. The number of halogens is 1. The highest BCUT2D eigenvalue weighted by atomic mass is 127. The van der Waals surface area contributed by atoms with Gasteiger partial charge in [0.1, 0.15) is 5.75 Å². The van der Waals surface area contributed by atoms with Crippen LogP contribution in [-0.4, -0.2) is 12.0 Å². The van der Waals surface area contributed by atoms with Crippen molar-refractivity contribution >= 4 is 34.2 Å². The molecule has 4 heteroatoms. The Hall–Kier alpha value is -1.56. The van der Waals surface area contributed by atoms with Crippen LogP contribution >= 0.6 is 22.6 Å². The zero-order valence-corrected chi connectivity index (χ0v) is 13.5. The number of hydrogen-bond donors (Lipinski definition) is 1. The zero-order chi connectivity index (χ0) is 14.5. The van der Waals surface area contributed by atoms with Gasteiger partial charge in [0.2, 0.25) is 0 Å². The maximum atomic E-state index is 12.1. The lowest BCUT2D eigenvalue weighted by molar-refractivity contribution is -0.122. The molecule has 2 rings (SSSR count). The van der Waals surface area contributed by atoms with E-state index in [2.05, 4.69) is 27.9 Å². The Morgan fingerprint density at radius 2 is 1.80 bits per heavy atom.